The van der Waals surface area contributed by atoms with Crippen LogP contribution in [0.15, 0.2) is 102 Å². The van der Waals surface area contributed by atoms with Crippen LogP contribution in [-0.2, 0) is 16.4 Å². The van der Waals surface area contributed by atoms with Gasteiger partial charge in [-0.25, -0.2) is 8.42 Å². The van der Waals surface area contributed by atoms with Gasteiger partial charge in [0, 0.05) is 0 Å². The van der Waals surface area contributed by atoms with E-state index in [4.69, 9.17) is 0 Å². The monoisotopic (exact) mass is 460 g/mol. The lowest BCUT2D eigenvalue weighted by Gasteiger charge is -2.18. The maximum Gasteiger partial charge on any atom is 0.261 e. The number of carbonyl (C=O) groups is 1. The molecule has 0 fully saturated rings. The summed E-state index contributed by atoms with van der Waals surface area (Å²) in [5.74, 6) is -0.471. The molecule has 1 atom stereocenters. The molecule has 0 heterocycles. The molecule has 0 spiro atoms. The first kappa shape index (κ1) is 22.5. The third-order valence-electron chi connectivity index (χ3n) is 5.33. The van der Waals surface area contributed by atoms with Gasteiger partial charge >= 0.3 is 0 Å². The Kier molecular flexibility index (Phi) is 6.72. The largest absolute Gasteiger partial charge is 0.394 e. The predicted octanol–water partition coefficient (Wildman–Crippen LogP) is 3.97. The maximum absolute atomic E-state index is 13.1. The molecular formula is C26H24N2O4S. The van der Waals surface area contributed by atoms with Gasteiger partial charge in [0.15, 0.2) is 0 Å². The van der Waals surface area contributed by atoms with Crippen molar-refractivity contribution in [3.8, 4) is 0 Å². The highest BCUT2D eigenvalue weighted by Gasteiger charge is 2.21. The number of aliphatic hydroxyl groups excluding tert-OH is 1. The SMILES string of the molecule is O=C(NC(CO)Cc1ccccc1)c1ccccc1NS(=O)(=O)c1ccc2ccccc2c1. The highest BCUT2D eigenvalue weighted by molar-refractivity contribution is 7.92. The lowest BCUT2D eigenvalue weighted by molar-refractivity contribution is 0.0917. The van der Waals surface area contributed by atoms with Crippen LogP contribution in [0.5, 0.6) is 0 Å². The molecule has 0 aliphatic heterocycles. The molecule has 0 radical (unpaired) electrons. The summed E-state index contributed by atoms with van der Waals surface area (Å²) in [6, 6.07) is 27.8. The van der Waals surface area contributed by atoms with E-state index in [1.54, 1.807) is 36.4 Å². The minimum absolute atomic E-state index is 0.105. The highest BCUT2D eigenvalue weighted by atomic mass is 32.2. The van der Waals surface area contributed by atoms with Crippen LogP contribution in [-0.4, -0.2) is 32.1 Å². The number of para-hydroxylation sites is 1. The Labute approximate surface area is 193 Å². The summed E-state index contributed by atoms with van der Waals surface area (Å²) in [7, 11) is -3.92. The molecule has 0 aliphatic carbocycles. The van der Waals surface area contributed by atoms with Gasteiger partial charge in [0.25, 0.3) is 15.9 Å². The summed E-state index contributed by atoms with van der Waals surface area (Å²) < 4.78 is 28.7. The number of hydrogen-bond donors (Lipinski definition) is 3. The quantitative estimate of drug-likeness (QED) is 0.371. The van der Waals surface area contributed by atoms with Crippen molar-refractivity contribution < 1.29 is 18.3 Å². The number of hydrogen-bond acceptors (Lipinski definition) is 4. The molecule has 4 aromatic rings. The van der Waals surface area contributed by atoms with Gasteiger partial charge in [0.05, 0.1) is 28.8 Å². The van der Waals surface area contributed by atoms with Gasteiger partial charge in [0.1, 0.15) is 0 Å². The molecule has 33 heavy (non-hydrogen) atoms. The van der Waals surface area contributed by atoms with E-state index in [0.29, 0.717) is 6.42 Å². The smallest absolute Gasteiger partial charge is 0.261 e. The lowest BCUT2D eigenvalue weighted by atomic mass is 10.1. The Balaban J connectivity index is 1.55. The van der Waals surface area contributed by atoms with Crippen molar-refractivity contribution in [2.45, 2.75) is 17.4 Å². The number of rotatable bonds is 8. The molecule has 0 bridgehead atoms. The van der Waals surface area contributed by atoms with Crippen LogP contribution in [0.1, 0.15) is 15.9 Å². The first-order valence-electron chi connectivity index (χ1n) is 10.5. The third kappa shape index (κ3) is 5.39. The third-order valence-corrected chi connectivity index (χ3v) is 6.69. The van der Waals surface area contributed by atoms with Gasteiger partial charge in [-0.1, -0.05) is 72.8 Å². The molecule has 4 rings (SSSR count). The summed E-state index contributed by atoms with van der Waals surface area (Å²) in [6.45, 7) is -0.244. The molecular weight excluding hydrogens is 436 g/mol. The van der Waals surface area contributed by atoms with E-state index in [-0.39, 0.29) is 22.8 Å². The number of sulfonamides is 1. The topological polar surface area (TPSA) is 95.5 Å². The van der Waals surface area contributed by atoms with Gasteiger partial charge < -0.3 is 10.4 Å². The van der Waals surface area contributed by atoms with Crippen LogP contribution in [0.2, 0.25) is 0 Å². The van der Waals surface area contributed by atoms with Crippen molar-refractivity contribution in [1.82, 2.24) is 5.32 Å². The standard InChI is InChI=1S/C26H24N2O4S/c29-18-22(16-19-8-2-1-3-9-19)27-26(30)24-12-6-7-13-25(24)28-33(31,32)23-15-14-20-10-4-5-11-21(20)17-23/h1-15,17,22,28-29H,16,18H2,(H,27,30). The summed E-state index contributed by atoms with van der Waals surface area (Å²) in [6.07, 6.45) is 0.452. The van der Waals surface area contributed by atoms with Crippen LogP contribution in [0.25, 0.3) is 10.8 Å². The van der Waals surface area contributed by atoms with Gasteiger partial charge in [0.2, 0.25) is 0 Å². The average Bonchev–Trinajstić information content (AvgIpc) is 2.84. The summed E-state index contributed by atoms with van der Waals surface area (Å²) >= 11 is 0. The van der Waals surface area contributed by atoms with Gasteiger partial charge in [-0.15, -0.1) is 0 Å². The fourth-order valence-corrected chi connectivity index (χ4v) is 4.75. The fraction of sp³-hybridized carbons (Fsp3) is 0.115. The zero-order chi connectivity index (χ0) is 23.3. The number of nitrogens with one attached hydrogen (secondary N) is 2. The average molecular weight is 461 g/mol. The minimum Gasteiger partial charge on any atom is -0.394 e. The number of benzene rings is 4. The zero-order valence-electron chi connectivity index (χ0n) is 17.8. The van der Waals surface area contributed by atoms with E-state index in [2.05, 4.69) is 10.0 Å². The van der Waals surface area contributed by atoms with E-state index in [9.17, 15) is 18.3 Å². The van der Waals surface area contributed by atoms with E-state index >= 15 is 0 Å². The highest BCUT2D eigenvalue weighted by Crippen LogP contribution is 2.23. The molecule has 1 amide bonds. The molecule has 168 valence electrons. The molecule has 0 aromatic heterocycles. The van der Waals surface area contributed by atoms with Gasteiger partial charge in [-0.2, -0.15) is 0 Å². The van der Waals surface area contributed by atoms with Crippen molar-refractivity contribution in [3.63, 3.8) is 0 Å². The van der Waals surface area contributed by atoms with Crippen molar-refractivity contribution in [1.29, 1.82) is 0 Å². The number of carbonyl (C=O) groups excluding carboxylic acids is 1. The minimum atomic E-state index is -3.92. The van der Waals surface area contributed by atoms with Crippen LogP contribution >= 0.6 is 0 Å². The molecule has 4 aromatic carbocycles. The van der Waals surface area contributed by atoms with Crippen LogP contribution in [0.3, 0.4) is 0 Å². The summed E-state index contributed by atoms with van der Waals surface area (Å²) in [5, 5.41) is 14.3. The Morgan fingerprint density at radius 3 is 2.24 bits per heavy atom. The molecule has 6 nitrogen and oxygen atoms in total. The first-order valence-corrected chi connectivity index (χ1v) is 12.0. The first-order chi connectivity index (χ1) is 16.0. The predicted molar refractivity (Wildman–Crippen MR) is 130 cm³/mol. The maximum atomic E-state index is 13.1. The van der Waals surface area contributed by atoms with E-state index in [0.717, 1.165) is 16.3 Å². The summed E-state index contributed by atoms with van der Waals surface area (Å²) in [4.78, 5) is 13.1. The molecule has 3 N–H and O–H groups in total. The molecule has 1 unspecified atom stereocenters. The second-order valence-electron chi connectivity index (χ2n) is 7.70. The Morgan fingerprint density at radius 2 is 1.48 bits per heavy atom. The second kappa shape index (κ2) is 9.85. The normalized spacial score (nSPS) is 12.3. The molecule has 0 saturated heterocycles. The van der Waals surface area contributed by atoms with Crippen LogP contribution in [0, 0.1) is 0 Å². The number of anilines is 1. The van der Waals surface area contributed by atoms with Crippen molar-refractivity contribution >= 4 is 32.4 Å². The Morgan fingerprint density at radius 1 is 0.818 bits per heavy atom. The Hall–Kier alpha value is -3.68. The Bertz CT molecular complexity index is 1370. The van der Waals surface area contributed by atoms with E-state index in [1.165, 1.54) is 6.07 Å². The van der Waals surface area contributed by atoms with Gasteiger partial charge in [-0.3, -0.25) is 9.52 Å². The van der Waals surface area contributed by atoms with Gasteiger partial charge in [-0.05, 0) is 47.0 Å². The van der Waals surface area contributed by atoms with Crippen molar-refractivity contribution in [2.24, 2.45) is 0 Å². The number of aliphatic hydroxyl groups is 1. The van der Waals surface area contributed by atoms with E-state index in [1.807, 2.05) is 54.6 Å². The van der Waals surface area contributed by atoms with E-state index < -0.39 is 22.0 Å². The lowest BCUT2D eigenvalue weighted by Crippen LogP contribution is -2.39. The van der Waals surface area contributed by atoms with Crippen molar-refractivity contribution in [3.05, 3.63) is 108 Å². The molecule has 0 aliphatic rings. The fourth-order valence-electron chi connectivity index (χ4n) is 3.63. The van der Waals surface area contributed by atoms with Crippen molar-refractivity contribution in [2.75, 3.05) is 11.3 Å². The van der Waals surface area contributed by atoms with Crippen LogP contribution in [0.4, 0.5) is 5.69 Å². The number of fused-ring (bicyclic) bond motifs is 1. The summed E-state index contributed by atoms with van der Waals surface area (Å²) in [5.41, 5.74) is 1.31. The van der Waals surface area contributed by atoms with Crippen LogP contribution < -0.4 is 10.0 Å². The number of amides is 1. The second-order valence-corrected chi connectivity index (χ2v) is 9.39. The molecule has 7 heteroatoms. The zero-order valence-corrected chi connectivity index (χ0v) is 18.6. The molecule has 0 saturated carbocycles.